The number of rotatable bonds is 7. The van der Waals surface area contributed by atoms with Crippen LogP contribution in [0.5, 0.6) is 0 Å². The molecular weight excluding hydrogens is 270 g/mol. The summed E-state index contributed by atoms with van der Waals surface area (Å²) in [6.45, 7) is 5.85. The first-order valence-electron chi connectivity index (χ1n) is 6.99. The number of benzene rings is 1. The standard InChI is InChI=1S/C15H23N3OS/c1-5-19-11(2)12-7-6-8-13-14(12)17-15(16-13)20-10-9-18(3)4/h6-8,11H,5,9-10H2,1-4H3,(H,16,17). The molecule has 1 N–H and O–H groups in total. The molecule has 0 amide bonds. The molecule has 0 aliphatic heterocycles. The monoisotopic (exact) mass is 293 g/mol. The number of nitrogens with one attached hydrogen (secondary N) is 1. The minimum atomic E-state index is 0.0756. The lowest BCUT2D eigenvalue weighted by Crippen LogP contribution is -2.14. The molecule has 1 heterocycles. The number of ether oxygens (including phenoxy) is 1. The molecule has 20 heavy (non-hydrogen) atoms. The van der Waals surface area contributed by atoms with Crippen molar-refractivity contribution in [1.82, 2.24) is 14.9 Å². The second-order valence-electron chi connectivity index (χ2n) is 5.03. The Bertz CT molecular complexity index is 553. The maximum absolute atomic E-state index is 5.69. The summed E-state index contributed by atoms with van der Waals surface area (Å²) in [6.07, 6.45) is 0.0756. The van der Waals surface area contributed by atoms with Gasteiger partial charge in [0.15, 0.2) is 5.16 Å². The van der Waals surface area contributed by atoms with Crippen LogP contribution in [-0.2, 0) is 4.74 Å². The topological polar surface area (TPSA) is 41.1 Å². The van der Waals surface area contributed by atoms with E-state index in [1.807, 2.05) is 6.92 Å². The molecule has 1 aromatic carbocycles. The second kappa shape index (κ2) is 7.11. The van der Waals surface area contributed by atoms with E-state index >= 15 is 0 Å². The molecule has 0 aliphatic rings. The molecule has 1 atom stereocenters. The first-order chi connectivity index (χ1) is 9.61. The number of aromatic nitrogens is 2. The van der Waals surface area contributed by atoms with Gasteiger partial charge in [-0.3, -0.25) is 0 Å². The number of thioether (sulfide) groups is 1. The molecule has 0 bridgehead atoms. The van der Waals surface area contributed by atoms with Crippen molar-refractivity contribution in [3.63, 3.8) is 0 Å². The smallest absolute Gasteiger partial charge is 0.166 e. The van der Waals surface area contributed by atoms with Gasteiger partial charge in [-0.2, -0.15) is 0 Å². The molecule has 1 aromatic heterocycles. The van der Waals surface area contributed by atoms with E-state index in [1.54, 1.807) is 11.8 Å². The van der Waals surface area contributed by atoms with Crippen molar-refractivity contribution in [2.24, 2.45) is 0 Å². The van der Waals surface area contributed by atoms with Crippen LogP contribution in [0.1, 0.15) is 25.5 Å². The molecule has 4 nitrogen and oxygen atoms in total. The Morgan fingerprint density at radius 2 is 2.20 bits per heavy atom. The fourth-order valence-electron chi connectivity index (χ4n) is 2.09. The van der Waals surface area contributed by atoms with E-state index in [4.69, 9.17) is 9.72 Å². The lowest BCUT2D eigenvalue weighted by molar-refractivity contribution is 0.0773. The van der Waals surface area contributed by atoms with Crippen molar-refractivity contribution in [3.05, 3.63) is 23.8 Å². The van der Waals surface area contributed by atoms with Gasteiger partial charge in [0.05, 0.1) is 17.1 Å². The summed E-state index contributed by atoms with van der Waals surface area (Å²) < 4.78 is 5.69. The van der Waals surface area contributed by atoms with E-state index in [1.165, 1.54) is 0 Å². The number of nitrogens with zero attached hydrogens (tertiary/aromatic N) is 2. The van der Waals surface area contributed by atoms with Crippen LogP contribution in [0.2, 0.25) is 0 Å². The molecule has 2 aromatic rings. The van der Waals surface area contributed by atoms with Gasteiger partial charge < -0.3 is 14.6 Å². The summed E-state index contributed by atoms with van der Waals surface area (Å²) >= 11 is 1.76. The summed E-state index contributed by atoms with van der Waals surface area (Å²) in [6, 6.07) is 6.22. The Kier molecular flexibility index (Phi) is 5.46. The SMILES string of the molecule is CCOC(C)c1cccc2[nH]c(SCCN(C)C)nc12. The van der Waals surface area contributed by atoms with E-state index in [9.17, 15) is 0 Å². The number of para-hydroxylation sites is 1. The van der Waals surface area contributed by atoms with E-state index in [0.717, 1.165) is 34.1 Å². The molecule has 1 unspecified atom stereocenters. The maximum atomic E-state index is 5.69. The van der Waals surface area contributed by atoms with Crippen molar-refractivity contribution in [3.8, 4) is 0 Å². The number of imidazole rings is 1. The van der Waals surface area contributed by atoms with Crippen LogP contribution in [0, 0.1) is 0 Å². The Morgan fingerprint density at radius 1 is 1.40 bits per heavy atom. The lowest BCUT2D eigenvalue weighted by Gasteiger charge is -2.11. The zero-order valence-corrected chi connectivity index (χ0v) is 13.5. The number of aromatic amines is 1. The summed E-state index contributed by atoms with van der Waals surface area (Å²) in [5, 5.41) is 0.984. The molecule has 0 aliphatic carbocycles. The Morgan fingerprint density at radius 3 is 2.90 bits per heavy atom. The summed E-state index contributed by atoms with van der Waals surface area (Å²) in [7, 11) is 4.17. The Balaban J connectivity index is 2.18. The van der Waals surface area contributed by atoms with Gasteiger partial charge in [-0.05, 0) is 34.0 Å². The zero-order chi connectivity index (χ0) is 14.5. The molecule has 0 fully saturated rings. The molecule has 2 rings (SSSR count). The second-order valence-corrected chi connectivity index (χ2v) is 6.12. The van der Waals surface area contributed by atoms with Crippen LogP contribution in [0.15, 0.2) is 23.4 Å². The molecule has 0 radical (unpaired) electrons. The lowest BCUT2D eigenvalue weighted by atomic mass is 10.1. The minimum absolute atomic E-state index is 0.0756. The average Bonchev–Trinajstić information content (AvgIpc) is 2.80. The van der Waals surface area contributed by atoms with Gasteiger partial charge in [-0.15, -0.1) is 0 Å². The highest BCUT2D eigenvalue weighted by Gasteiger charge is 2.13. The first kappa shape index (κ1) is 15.4. The van der Waals surface area contributed by atoms with Crippen molar-refractivity contribution >= 4 is 22.8 Å². The molecule has 0 spiro atoms. The predicted octanol–water partition coefficient (Wildman–Crippen LogP) is 3.31. The number of hydrogen-bond donors (Lipinski definition) is 1. The van der Waals surface area contributed by atoms with E-state index in [-0.39, 0.29) is 6.10 Å². The van der Waals surface area contributed by atoms with Gasteiger partial charge in [-0.25, -0.2) is 4.98 Å². The highest BCUT2D eigenvalue weighted by atomic mass is 32.2. The van der Waals surface area contributed by atoms with Crippen LogP contribution < -0.4 is 0 Å². The van der Waals surface area contributed by atoms with Crippen molar-refractivity contribution in [1.29, 1.82) is 0 Å². The molecule has 110 valence electrons. The number of H-pyrrole nitrogens is 1. The zero-order valence-electron chi connectivity index (χ0n) is 12.6. The highest BCUT2D eigenvalue weighted by Crippen LogP contribution is 2.27. The third kappa shape index (κ3) is 3.75. The first-order valence-corrected chi connectivity index (χ1v) is 7.98. The maximum Gasteiger partial charge on any atom is 0.166 e. The molecule has 5 heteroatoms. The summed E-state index contributed by atoms with van der Waals surface area (Å²) in [5.74, 6) is 1.03. The third-order valence-corrected chi connectivity index (χ3v) is 4.01. The summed E-state index contributed by atoms with van der Waals surface area (Å²) in [4.78, 5) is 10.3. The van der Waals surface area contributed by atoms with Crippen molar-refractivity contribution in [2.45, 2.75) is 25.1 Å². The van der Waals surface area contributed by atoms with Crippen LogP contribution in [0.25, 0.3) is 11.0 Å². The molecular formula is C15H23N3OS. The van der Waals surface area contributed by atoms with E-state index < -0.39 is 0 Å². The Labute approximate surface area is 124 Å². The quantitative estimate of drug-likeness (QED) is 0.795. The van der Waals surface area contributed by atoms with E-state index in [2.05, 4.69) is 49.1 Å². The van der Waals surface area contributed by atoms with Crippen LogP contribution >= 0.6 is 11.8 Å². The van der Waals surface area contributed by atoms with Gasteiger partial charge in [-0.1, -0.05) is 23.9 Å². The Hall–Kier alpha value is -1.04. The van der Waals surface area contributed by atoms with Gasteiger partial charge in [0.25, 0.3) is 0 Å². The van der Waals surface area contributed by atoms with Crippen LogP contribution in [0.3, 0.4) is 0 Å². The van der Waals surface area contributed by atoms with Gasteiger partial charge >= 0.3 is 0 Å². The van der Waals surface area contributed by atoms with Crippen molar-refractivity contribution < 1.29 is 4.74 Å². The van der Waals surface area contributed by atoms with Gasteiger partial charge in [0, 0.05) is 24.5 Å². The van der Waals surface area contributed by atoms with E-state index in [0.29, 0.717) is 6.61 Å². The number of hydrogen-bond acceptors (Lipinski definition) is 4. The van der Waals surface area contributed by atoms with Crippen LogP contribution in [-0.4, -0.2) is 47.9 Å². The van der Waals surface area contributed by atoms with Gasteiger partial charge in [0.2, 0.25) is 0 Å². The largest absolute Gasteiger partial charge is 0.374 e. The van der Waals surface area contributed by atoms with Crippen molar-refractivity contribution in [2.75, 3.05) is 33.0 Å². The fourth-order valence-corrected chi connectivity index (χ4v) is 3.08. The summed E-state index contributed by atoms with van der Waals surface area (Å²) in [5.41, 5.74) is 3.27. The molecule has 0 saturated carbocycles. The predicted molar refractivity (Wildman–Crippen MR) is 85.4 cm³/mol. The highest BCUT2D eigenvalue weighted by molar-refractivity contribution is 7.99. The molecule has 0 saturated heterocycles. The normalized spacial score (nSPS) is 13.2. The van der Waals surface area contributed by atoms with Gasteiger partial charge in [0.1, 0.15) is 0 Å². The average molecular weight is 293 g/mol. The minimum Gasteiger partial charge on any atom is -0.374 e. The third-order valence-electron chi connectivity index (χ3n) is 3.15. The fraction of sp³-hybridized carbons (Fsp3) is 0.533. The number of fused-ring (bicyclic) bond motifs is 1. The van der Waals surface area contributed by atoms with Crippen LogP contribution in [0.4, 0.5) is 0 Å².